The summed E-state index contributed by atoms with van der Waals surface area (Å²) in [5.41, 5.74) is 0. The molecule has 0 saturated heterocycles. The van der Waals surface area contributed by atoms with Gasteiger partial charge in [0.25, 0.3) is 0 Å². The van der Waals surface area contributed by atoms with Crippen LogP contribution in [-0.4, -0.2) is 4.20 Å². The second-order valence-electron chi connectivity index (χ2n) is 0.523. The van der Waals surface area contributed by atoms with E-state index in [4.69, 9.17) is 0 Å². The van der Waals surface area contributed by atoms with E-state index in [-0.39, 0.29) is 0 Å². The Morgan fingerprint density at radius 2 is 2.20 bits per heavy atom. The summed E-state index contributed by atoms with van der Waals surface area (Å²) < 4.78 is 0.435. The molecule has 0 heterocycles. The van der Waals surface area contributed by atoms with Crippen molar-refractivity contribution in [3.05, 3.63) is 12.7 Å². The maximum absolute atomic E-state index is 4.39. The van der Waals surface area contributed by atoms with E-state index in [1.807, 2.05) is 0 Å². The van der Waals surface area contributed by atoms with Gasteiger partial charge in [0.15, 0.2) is 0 Å². The summed E-state index contributed by atoms with van der Waals surface area (Å²) >= 11 is 8.79. The van der Waals surface area contributed by atoms with Crippen LogP contribution in [0.15, 0.2) is 12.7 Å². The molecule has 0 bridgehead atoms. The average molecular weight is 103 g/mol. The molecule has 0 aliphatic heterocycles. The van der Waals surface area contributed by atoms with Crippen molar-refractivity contribution in [1.82, 2.24) is 0 Å². The SMILES string of the molecule is C=CC(=S)[S-]. The number of rotatable bonds is 1. The Morgan fingerprint density at radius 1 is 2.00 bits per heavy atom. The van der Waals surface area contributed by atoms with Gasteiger partial charge in [0.1, 0.15) is 0 Å². The molecular weight excluding hydrogens is 100 g/mol. The van der Waals surface area contributed by atoms with Gasteiger partial charge in [-0.2, -0.15) is 0 Å². The van der Waals surface area contributed by atoms with Gasteiger partial charge in [-0.25, -0.2) is 0 Å². The molecule has 0 radical (unpaired) electrons. The van der Waals surface area contributed by atoms with Gasteiger partial charge >= 0.3 is 0 Å². The van der Waals surface area contributed by atoms with Crippen LogP contribution in [-0.2, 0) is 12.6 Å². The Hall–Kier alpha value is 0.0500. The van der Waals surface area contributed by atoms with Crippen LogP contribution in [0, 0.1) is 0 Å². The topological polar surface area (TPSA) is 0 Å². The van der Waals surface area contributed by atoms with E-state index in [1.54, 1.807) is 0 Å². The molecule has 0 spiro atoms. The van der Waals surface area contributed by atoms with Gasteiger partial charge < -0.3 is 24.8 Å². The van der Waals surface area contributed by atoms with E-state index >= 15 is 0 Å². The molecule has 5 heavy (non-hydrogen) atoms. The first-order valence-corrected chi connectivity index (χ1v) is 1.92. The highest BCUT2D eigenvalue weighted by molar-refractivity contribution is 8.01. The Kier molecular flexibility index (Phi) is 2.32. The molecule has 0 unspecified atom stereocenters. The zero-order valence-corrected chi connectivity index (χ0v) is 4.23. The third-order valence-corrected chi connectivity index (χ3v) is 0.500. The van der Waals surface area contributed by atoms with Crippen LogP contribution in [0.1, 0.15) is 0 Å². The quantitative estimate of drug-likeness (QED) is 0.276. The van der Waals surface area contributed by atoms with Gasteiger partial charge in [0.05, 0.1) is 0 Å². The molecule has 0 N–H and O–H groups in total. The molecule has 0 aromatic rings. The van der Waals surface area contributed by atoms with Gasteiger partial charge in [-0.15, -0.1) is 10.8 Å². The van der Waals surface area contributed by atoms with Crippen molar-refractivity contribution in [2.24, 2.45) is 0 Å². The first-order chi connectivity index (χ1) is 2.27. The zero-order chi connectivity index (χ0) is 4.28. The number of hydrogen-bond acceptors (Lipinski definition) is 2. The Morgan fingerprint density at radius 3 is 2.20 bits per heavy atom. The lowest BCUT2D eigenvalue weighted by Gasteiger charge is -1.85. The molecule has 0 aromatic heterocycles. The maximum atomic E-state index is 4.39. The summed E-state index contributed by atoms with van der Waals surface area (Å²) in [6, 6.07) is 0. The Bertz CT molecular complexity index is 55.9. The van der Waals surface area contributed by atoms with Crippen LogP contribution in [0.4, 0.5) is 0 Å². The van der Waals surface area contributed by atoms with Crippen LogP contribution in [0.5, 0.6) is 0 Å². The molecule has 0 amide bonds. The number of thiocarbonyl (C=S) groups is 1. The van der Waals surface area contributed by atoms with E-state index in [2.05, 4.69) is 31.4 Å². The van der Waals surface area contributed by atoms with Crippen LogP contribution >= 0.6 is 12.2 Å². The summed E-state index contributed by atoms with van der Waals surface area (Å²) in [6.07, 6.45) is 1.46. The van der Waals surface area contributed by atoms with Gasteiger partial charge in [0.2, 0.25) is 0 Å². The van der Waals surface area contributed by atoms with Gasteiger partial charge in [-0.05, 0) is 0 Å². The number of hydrogen-bond donors (Lipinski definition) is 0. The highest BCUT2D eigenvalue weighted by Crippen LogP contribution is 1.67. The molecule has 28 valence electrons. The molecule has 0 atom stereocenters. The lowest BCUT2D eigenvalue weighted by atomic mass is 10.8. The molecule has 0 saturated carbocycles. The highest BCUT2D eigenvalue weighted by atomic mass is 32.1. The molecule has 0 nitrogen and oxygen atoms in total. The van der Waals surface area contributed by atoms with Crippen molar-refractivity contribution in [3.8, 4) is 0 Å². The van der Waals surface area contributed by atoms with Crippen LogP contribution in [0.3, 0.4) is 0 Å². The predicted molar refractivity (Wildman–Crippen MR) is 30.2 cm³/mol. The molecule has 0 aliphatic rings. The fourth-order valence-electron chi connectivity index (χ4n) is 0. The summed E-state index contributed by atoms with van der Waals surface area (Å²) in [6.45, 7) is 3.31. The molecular formula is C3H3S2-. The van der Waals surface area contributed by atoms with Crippen LogP contribution in [0.2, 0.25) is 0 Å². The minimum atomic E-state index is 0.435. The highest BCUT2D eigenvalue weighted by Gasteiger charge is 1.47. The van der Waals surface area contributed by atoms with Crippen molar-refractivity contribution >= 4 is 29.0 Å². The first-order valence-electron chi connectivity index (χ1n) is 1.11. The Labute approximate surface area is 42.3 Å². The summed E-state index contributed by atoms with van der Waals surface area (Å²) in [4.78, 5) is 0. The van der Waals surface area contributed by atoms with E-state index in [0.717, 1.165) is 0 Å². The fraction of sp³-hybridized carbons (Fsp3) is 0. The predicted octanol–water partition coefficient (Wildman–Crippen LogP) is 1.05. The molecule has 0 aliphatic carbocycles. The second-order valence-corrected chi connectivity index (χ2v) is 1.66. The van der Waals surface area contributed by atoms with E-state index in [0.29, 0.717) is 4.20 Å². The minimum Gasteiger partial charge on any atom is -0.429 e. The third kappa shape index (κ3) is 4.05. The lowest BCUT2D eigenvalue weighted by molar-refractivity contribution is 2.54. The van der Waals surface area contributed by atoms with Gasteiger partial charge in [0, 0.05) is 0 Å². The smallest absolute Gasteiger partial charge is 0.0818 e. The van der Waals surface area contributed by atoms with Crippen molar-refractivity contribution in [2.45, 2.75) is 0 Å². The second kappa shape index (κ2) is 2.30. The maximum Gasteiger partial charge on any atom is -0.0818 e. The van der Waals surface area contributed by atoms with Crippen molar-refractivity contribution in [2.75, 3.05) is 0 Å². The van der Waals surface area contributed by atoms with Gasteiger partial charge in [-0.3, -0.25) is 0 Å². The molecule has 0 fully saturated rings. The van der Waals surface area contributed by atoms with E-state index < -0.39 is 0 Å². The van der Waals surface area contributed by atoms with Crippen molar-refractivity contribution in [3.63, 3.8) is 0 Å². The Balaban J connectivity index is 3.20. The van der Waals surface area contributed by atoms with Crippen molar-refractivity contribution in [1.29, 1.82) is 0 Å². The average Bonchev–Trinajstić information content (AvgIpc) is 1.38. The molecule has 0 rings (SSSR count). The largest absolute Gasteiger partial charge is 0.429 e. The first kappa shape index (κ1) is 5.05. The minimum absolute atomic E-state index is 0.435. The van der Waals surface area contributed by atoms with Gasteiger partial charge in [-0.1, -0.05) is 6.08 Å². The van der Waals surface area contributed by atoms with E-state index in [9.17, 15) is 0 Å². The summed E-state index contributed by atoms with van der Waals surface area (Å²) in [5.74, 6) is 0. The summed E-state index contributed by atoms with van der Waals surface area (Å²) in [5, 5.41) is 0. The lowest BCUT2D eigenvalue weighted by Crippen LogP contribution is -1.71. The monoisotopic (exact) mass is 103 g/mol. The standard InChI is InChI=1S/C3H4S2/c1-2-3(4)5/h2H,1H2,(H,4,5)/p-1. The normalized spacial score (nSPS) is 6.40. The summed E-state index contributed by atoms with van der Waals surface area (Å²) in [7, 11) is 0. The third-order valence-electron chi connectivity index (χ3n) is 0.167. The molecule has 0 aromatic carbocycles. The van der Waals surface area contributed by atoms with Crippen molar-refractivity contribution < 1.29 is 0 Å². The molecule has 2 heteroatoms. The van der Waals surface area contributed by atoms with E-state index in [1.165, 1.54) is 6.08 Å². The van der Waals surface area contributed by atoms with Crippen LogP contribution < -0.4 is 0 Å². The zero-order valence-electron chi connectivity index (χ0n) is 2.60. The fourth-order valence-corrected chi connectivity index (χ4v) is 0. The van der Waals surface area contributed by atoms with Crippen LogP contribution in [0.25, 0.3) is 0 Å².